The summed E-state index contributed by atoms with van der Waals surface area (Å²) < 4.78 is 0. The molecular weight excluding hydrogens is 182 g/mol. The zero-order valence-corrected chi connectivity index (χ0v) is 8.03. The third-order valence-electron chi connectivity index (χ3n) is 1.62. The first-order valence-corrected chi connectivity index (χ1v) is 4.10. The van der Waals surface area contributed by atoms with Crippen molar-refractivity contribution in [3.63, 3.8) is 0 Å². The fraction of sp³-hybridized carbons (Fsp3) is 0.500. The number of aromatic amines is 1. The summed E-state index contributed by atoms with van der Waals surface area (Å²) in [6, 6.07) is 2.08. The first-order valence-electron chi connectivity index (χ1n) is 4.10. The summed E-state index contributed by atoms with van der Waals surface area (Å²) >= 11 is 0. The monoisotopic (exact) mass is 193 g/mol. The average Bonchev–Trinajstić information content (AvgIpc) is 2.67. The third-order valence-corrected chi connectivity index (χ3v) is 1.62. The van der Waals surface area contributed by atoms with Crippen LogP contribution in [0.15, 0.2) is 6.33 Å². The van der Waals surface area contributed by atoms with E-state index in [1.165, 1.54) is 6.33 Å². The predicted octanol–water partition coefficient (Wildman–Crippen LogP) is 0.0843. The van der Waals surface area contributed by atoms with E-state index in [0.29, 0.717) is 0 Å². The molecule has 1 aromatic heterocycles. The number of hydrogen-bond donors (Lipinski definition) is 2. The number of nitriles is 1. The summed E-state index contributed by atoms with van der Waals surface area (Å²) in [4.78, 5) is 15.0. The standard InChI is InChI=1S/C8H11N5O/c1-8(2,3-9)4-10-7(14)6-11-5-12-13-6/h5H,4H2,1-2H3,(H,10,14)(H,11,12,13). The van der Waals surface area contributed by atoms with E-state index in [2.05, 4.69) is 26.6 Å². The van der Waals surface area contributed by atoms with Gasteiger partial charge >= 0.3 is 0 Å². The van der Waals surface area contributed by atoms with Gasteiger partial charge in [-0.05, 0) is 13.8 Å². The molecule has 6 heteroatoms. The number of H-pyrrole nitrogens is 1. The van der Waals surface area contributed by atoms with Gasteiger partial charge in [0.1, 0.15) is 6.33 Å². The smallest absolute Gasteiger partial charge is 0.288 e. The molecule has 1 heterocycles. The molecular formula is C8H11N5O. The van der Waals surface area contributed by atoms with E-state index >= 15 is 0 Å². The second-order valence-corrected chi connectivity index (χ2v) is 3.51. The SMILES string of the molecule is CC(C)(C#N)CNC(=O)c1ncn[nH]1. The third kappa shape index (κ3) is 2.55. The number of nitrogens with one attached hydrogen (secondary N) is 2. The Balaban J connectivity index is 2.49. The van der Waals surface area contributed by atoms with E-state index in [-0.39, 0.29) is 18.3 Å². The number of hydrogen-bond acceptors (Lipinski definition) is 4. The maximum atomic E-state index is 11.3. The summed E-state index contributed by atoms with van der Waals surface area (Å²) in [6.45, 7) is 3.77. The zero-order valence-electron chi connectivity index (χ0n) is 8.03. The fourth-order valence-electron chi connectivity index (χ4n) is 0.739. The Kier molecular flexibility index (Phi) is 2.82. The molecule has 0 aliphatic heterocycles. The van der Waals surface area contributed by atoms with Crippen molar-refractivity contribution in [2.24, 2.45) is 5.41 Å². The second kappa shape index (κ2) is 3.87. The van der Waals surface area contributed by atoms with E-state index in [4.69, 9.17) is 5.26 Å². The molecule has 6 nitrogen and oxygen atoms in total. The molecule has 0 saturated heterocycles. The maximum Gasteiger partial charge on any atom is 0.288 e. The Morgan fingerprint density at radius 2 is 2.50 bits per heavy atom. The van der Waals surface area contributed by atoms with Crippen molar-refractivity contribution in [2.45, 2.75) is 13.8 Å². The van der Waals surface area contributed by atoms with Crippen molar-refractivity contribution in [3.05, 3.63) is 12.2 Å². The Morgan fingerprint density at radius 3 is 3.00 bits per heavy atom. The summed E-state index contributed by atoms with van der Waals surface area (Å²) in [5.74, 6) is -0.204. The summed E-state index contributed by atoms with van der Waals surface area (Å²) in [6.07, 6.45) is 1.25. The Morgan fingerprint density at radius 1 is 1.79 bits per heavy atom. The van der Waals surface area contributed by atoms with Crippen molar-refractivity contribution in [2.75, 3.05) is 6.54 Å². The van der Waals surface area contributed by atoms with E-state index in [0.717, 1.165) is 0 Å². The molecule has 2 N–H and O–H groups in total. The van der Waals surface area contributed by atoms with Crippen molar-refractivity contribution >= 4 is 5.91 Å². The van der Waals surface area contributed by atoms with Gasteiger partial charge in [-0.1, -0.05) is 0 Å². The molecule has 0 fully saturated rings. The molecule has 0 unspecified atom stereocenters. The van der Waals surface area contributed by atoms with Crippen LogP contribution < -0.4 is 5.32 Å². The van der Waals surface area contributed by atoms with Crippen molar-refractivity contribution in [3.8, 4) is 6.07 Å². The Hall–Kier alpha value is -1.90. The maximum absolute atomic E-state index is 11.3. The van der Waals surface area contributed by atoms with Crippen LogP contribution in [0, 0.1) is 16.7 Å². The first kappa shape index (κ1) is 10.2. The number of nitrogens with zero attached hydrogens (tertiary/aromatic N) is 3. The lowest BCUT2D eigenvalue weighted by Crippen LogP contribution is -2.33. The molecule has 0 aromatic carbocycles. The minimum atomic E-state index is -0.574. The van der Waals surface area contributed by atoms with Gasteiger partial charge in [-0.15, -0.1) is 0 Å². The lowest BCUT2D eigenvalue weighted by atomic mass is 9.96. The predicted molar refractivity (Wildman–Crippen MR) is 48.1 cm³/mol. The van der Waals surface area contributed by atoms with Crippen molar-refractivity contribution < 1.29 is 4.79 Å². The Bertz CT molecular complexity index is 348. The fourth-order valence-corrected chi connectivity index (χ4v) is 0.739. The van der Waals surface area contributed by atoms with E-state index in [9.17, 15) is 4.79 Å². The molecule has 0 radical (unpaired) electrons. The van der Waals surface area contributed by atoms with Gasteiger partial charge in [0, 0.05) is 6.54 Å². The highest BCUT2D eigenvalue weighted by Crippen LogP contribution is 2.10. The van der Waals surface area contributed by atoms with Gasteiger partial charge in [0.05, 0.1) is 11.5 Å². The highest BCUT2D eigenvalue weighted by Gasteiger charge is 2.18. The van der Waals surface area contributed by atoms with Gasteiger partial charge in [-0.3, -0.25) is 9.89 Å². The van der Waals surface area contributed by atoms with E-state index in [1.54, 1.807) is 13.8 Å². The van der Waals surface area contributed by atoms with Gasteiger partial charge in [0.25, 0.3) is 5.91 Å². The van der Waals surface area contributed by atoms with E-state index in [1.807, 2.05) is 0 Å². The molecule has 0 atom stereocenters. The van der Waals surface area contributed by atoms with Gasteiger partial charge < -0.3 is 5.32 Å². The lowest BCUT2D eigenvalue weighted by molar-refractivity contribution is 0.0933. The summed E-state index contributed by atoms with van der Waals surface area (Å²) in [7, 11) is 0. The average molecular weight is 193 g/mol. The highest BCUT2D eigenvalue weighted by molar-refractivity contribution is 5.90. The van der Waals surface area contributed by atoms with Crippen molar-refractivity contribution in [1.82, 2.24) is 20.5 Å². The number of carbonyl (C=O) groups excluding carboxylic acids is 1. The quantitative estimate of drug-likeness (QED) is 0.710. The lowest BCUT2D eigenvalue weighted by Gasteiger charge is -2.14. The Labute approximate surface area is 81.3 Å². The molecule has 1 aromatic rings. The molecule has 14 heavy (non-hydrogen) atoms. The number of rotatable bonds is 3. The van der Waals surface area contributed by atoms with Crippen molar-refractivity contribution in [1.29, 1.82) is 5.26 Å². The van der Waals surface area contributed by atoms with Crippen LogP contribution in [-0.4, -0.2) is 27.6 Å². The first-order chi connectivity index (χ1) is 6.55. The van der Waals surface area contributed by atoms with Gasteiger partial charge in [-0.2, -0.15) is 10.4 Å². The van der Waals surface area contributed by atoms with Crippen LogP contribution in [0.4, 0.5) is 0 Å². The highest BCUT2D eigenvalue weighted by atomic mass is 16.2. The normalized spacial score (nSPS) is 10.6. The van der Waals surface area contributed by atoms with Gasteiger partial charge in [0.15, 0.2) is 0 Å². The molecule has 0 aliphatic rings. The second-order valence-electron chi connectivity index (χ2n) is 3.51. The zero-order chi connectivity index (χ0) is 10.6. The molecule has 74 valence electrons. The minimum absolute atomic E-state index is 0.152. The number of carbonyl (C=O) groups is 1. The minimum Gasteiger partial charge on any atom is -0.348 e. The topological polar surface area (TPSA) is 94.5 Å². The van der Waals surface area contributed by atoms with Crippen LogP contribution in [-0.2, 0) is 0 Å². The van der Waals surface area contributed by atoms with Crippen LogP contribution in [0.25, 0.3) is 0 Å². The summed E-state index contributed by atoms with van der Waals surface area (Å²) in [5, 5.41) is 17.3. The summed E-state index contributed by atoms with van der Waals surface area (Å²) in [5.41, 5.74) is -0.574. The molecule has 0 saturated carbocycles. The van der Waals surface area contributed by atoms with Crippen LogP contribution in [0.1, 0.15) is 24.5 Å². The van der Waals surface area contributed by atoms with Gasteiger partial charge in [0.2, 0.25) is 5.82 Å². The molecule has 1 rings (SSSR count). The van der Waals surface area contributed by atoms with Crippen LogP contribution in [0.5, 0.6) is 0 Å². The van der Waals surface area contributed by atoms with Crippen LogP contribution >= 0.6 is 0 Å². The van der Waals surface area contributed by atoms with Crippen LogP contribution in [0.3, 0.4) is 0 Å². The molecule has 0 spiro atoms. The molecule has 0 aliphatic carbocycles. The molecule has 0 bridgehead atoms. The van der Waals surface area contributed by atoms with Gasteiger partial charge in [-0.25, -0.2) is 4.98 Å². The van der Waals surface area contributed by atoms with E-state index < -0.39 is 5.41 Å². The number of amides is 1. The number of aromatic nitrogens is 3. The largest absolute Gasteiger partial charge is 0.348 e. The molecule has 1 amide bonds. The van der Waals surface area contributed by atoms with Crippen LogP contribution in [0.2, 0.25) is 0 Å².